The number of aromatic nitrogens is 2. The van der Waals surface area contributed by atoms with Crippen molar-refractivity contribution < 1.29 is 41.0 Å². The lowest BCUT2D eigenvalue weighted by molar-refractivity contribution is -0.145. The molecule has 0 bridgehead atoms. The van der Waals surface area contributed by atoms with E-state index in [1.807, 2.05) is 0 Å². The second-order valence-electron chi connectivity index (χ2n) is 6.73. The van der Waals surface area contributed by atoms with Crippen molar-refractivity contribution in [3.8, 4) is 11.5 Å². The van der Waals surface area contributed by atoms with Crippen LogP contribution >= 0.6 is 11.8 Å². The molecular formula is C22H19F6N3O3S. The highest BCUT2D eigenvalue weighted by atomic mass is 32.2. The summed E-state index contributed by atoms with van der Waals surface area (Å²) >= 11 is 1.16. The number of carboxylic acid groups (broad SMARTS) is 1. The quantitative estimate of drug-likeness (QED) is 0.299. The molecule has 0 atom stereocenters. The van der Waals surface area contributed by atoms with Crippen molar-refractivity contribution in [2.45, 2.75) is 23.8 Å². The molecule has 0 aliphatic rings. The summed E-state index contributed by atoms with van der Waals surface area (Å²) in [5, 5.41) is 10.9. The summed E-state index contributed by atoms with van der Waals surface area (Å²) in [7, 11) is 1.43. The van der Waals surface area contributed by atoms with Gasteiger partial charge in [0.15, 0.2) is 5.75 Å². The Hall–Kier alpha value is -3.32. The third-order valence-corrected chi connectivity index (χ3v) is 5.01. The molecule has 0 saturated carbocycles. The number of rotatable bonds is 6. The molecule has 2 N–H and O–H groups in total. The van der Waals surface area contributed by atoms with Gasteiger partial charge in [-0.15, -0.1) is 11.8 Å². The molecule has 1 heterocycles. The van der Waals surface area contributed by atoms with Crippen LogP contribution in [0.15, 0.2) is 60.0 Å². The number of thioether (sulfide) groups is 1. The monoisotopic (exact) mass is 519 g/mol. The molecule has 0 aliphatic heterocycles. The van der Waals surface area contributed by atoms with Crippen LogP contribution in [0.5, 0.6) is 11.5 Å². The number of halogens is 6. The number of alkyl halides is 6. The Kier molecular flexibility index (Phi) is 9.48. The number of benzene rings is 2. The molecule has 13 heteroatoms. The molecule has 2 aromatic carbocycles. The van der Waals surface area contributed by atoms with Gasteiger partial charge in [-0.1, -0.05) is 12.1 Å². The first-order chi connectivity index (χ1) is 16.4. The van der Waals surface area contributed by atoms with E-state index >= 15 is 0 Å². The van der Waals surface area contributed by atoms with E-state index in [1.54, 1.807) is 18.4 Å². The normalized spacial score (nSPS) is 11.4. The molecule has 0 aliphatic carbocycles. The molecule has 0 radical (unpaired) electrons. The fourth-order valence-corrected chi connectivity index (χ4v) is 3.27. The van der Waals surface area contributed by atoms with Crippen LogP contribution in [-0.2, 0) is 18.9 Å². The van der Waals surface area contributed by atoms with Gasteiger partial charge in [0, 0.05) is 23.8 Å². The second-order valence-corrected chi connectivity index (χ2v) is 7.58. The number of ether oxygens (including phenoxy) is 1. The van der Waals surface area contributed by atoms with Crippen molar-refractivity contribution >= 4 is 17.7 Å². The summed E-state index contributed by atoms with van der Waals surface area (Å²) in [6.07, 6.45) is -4.59. The summed E-state index contributed by atoms with van der Waals surface area (Å²) in [4.78, 5) is 17.6. The van der Waals surface area contributed by atoms with E-state index in [0.717, 1.165) is 11.8 Å². The zero-order chi connectivity index (χ0) is 26.2. The predicted octanol–water partition coefficient (Wildman–Crippen LogP) is 6.13. The van der Waals surface area contributed by atoms with E-state index in [9.17, 15) is 31.1 Å². The Bertz CT molecular complexity index is 1110. The SMILES string of the molecule is CNCc1cc(C(F)(F)F)c(Oc2ccccc2SC)c(C(F)(F)F)c1.O=C(O)c1cncnc1. The number of hydrogen-bond acceptors (Lipinski definition) is 6. The standard InChI is InChI=1S/C17H15F6NOS.C5H4N2O2/c1-24-9-10-7-11(16(18,19)20)15(12(8-10)17(21,22)23)25-13-5-3-4-6-14(13)26-2;8-5(9)4-1-6-3-7-2-4/h3-8,24H,9H2,1-2H3;1-3H,(H,8,9). The molecule has 0 unspecified atom stereocenters. The van der Waals surface area contributed by atoms with Gasteiger partial charge in [-0.05, 0) is 43.1 Å². The average Bonchev–Trinajstić information content (AvgIpc) is 2.80. The molecule has 0 amide bonds. The fourth-order valence-electron chi connectivity index (χ4n) is 2.75. The summed E-state index contributed by atoms with van der Waals surface area (Å²) in [5.74, 6) is -2.32. The molecule has 35 heavy (non-hydrogen) atoms. The van der Waals surface area contributed by atoms with Gasteiger partial charge < -0.3 is 15.2 Å². The first kappa shape index (κ1) is 27.9. The molecular weight excluding hydrogens is 500 g/mol. The largest absolute Gasteiger partial charge is 0.478 e. The Balaban J connectivity index is 0.000000402. The number of carboxylic acids is 1. The molecule has 0 saturated heterocycles. The number of para-hydroxylation sites is 1. The smallest absolute Gasteiger partial charge is 0.420 e. The van der Waals surface area contributed by atoms with E-state index in [-0.39, 0.29) is 23.4 Å². The minimum absolute atomic E-state index is 0.0719. The lowest BCUT2D eigenvalue weighted by Gasteiger charge is -2.21. The third-order valence-electron chi connectivity index (χ3n) is 4.23. The van der Waals surface area contributed by atoms with Crippen molar-refractivity contribution in [1.29, 1.82) is 0 Å². The highest BCUT2D eigenvalue weighted by Gasteiger charge is 2.43. The minimum Gasteiger partial charge on any atom is -0.478 e. The van der Waals surface area contributed by atoms with E-state index in [1.165, 1.54) is 37.9 Å². The van der Waals surface area contributed by atoms with Crippen molar-refractivity contribution in [1.82, 2.24) is 15.3 Å². The van der Waals surface area contributed by atoms with Crippen molar-refractivity contribution in [3.05, 3.63) is 77.4 Å². The third kappa shape index (κ3) is 7.86. The van der Waals surface area contributed by atoms with Gasteiger partial charge in [-0.3, -0.25) is 0 Å². The number of nitrogens with one attached hydrogen (secondary N) is 1. The Labute approximate surface area is 200 Å². The number of carbonyl (C=O) groups is 1. The van der Waals surface area contributed by atoms with E-state index in [4.69, 9.17) is 9.84 Å². The molecule has 0 fully saturated rings. The second kappa shape index (κ2) is 11.9. The van der Waals surface area contributed by atoms with Crippen LogP contribution in [0.2, 0.25) is 0 Å². The van der Waals surface area contributed by atoms with Gasteiger partial charge >= 0.3 is 18.3 Å². The summed E-state index contributed by atoms with van der Waals surface area (Å²) in [5.41, 5.74) is -2.96. The first-order valence-electron chi connectivity index (χ1n) is 9.63. The maximum Gasteiger partial charge on any atom is 0.420 e. The van der Waals surface area contributed by atoms with Crippen LogP contribution in [0.25, 0.3) is 0 Å². The molecule has 3 aromatic rings. The zero-order valence-corrected chi connectivity index (χ0v) is 19.1. The van der Waals surface area contributed by atoms with Crippen LogP contribution < -0.4 is 10.1 Å². The lowest BCUT2D eigenvalue weighted by atomic mass is 10.0. The Morgan fingerprint density at radius 1 is 1.03 bits per heavy atom. The van der Waals surface area contributed by atoms with Crippen LogP contribution in [0.4, 0.5) is 26.3 Å². The highest BCUT2D eigenvalue weighted by molar-refractivity contribution is 7.98. The van der Waals surface area contributed by atoms with Gasteiger partial charge in [-0.25, -0.2) is 14.8 Å². The Morgan fingerprint density at radius 3 is 2.00 bits per heavy atom. The first-order valence-corrected chi connectivity index (χ1v) is 10.9. The van der Waals surface area contributed by atoms with Gasteiger partial charge in [0.2, 0.25) is 0 Å². The molecule has 1 aromatic heterocycles. The maximum absolute atomic E-state index is 13.4. The van der Waals surface area contributed by atoms with Gasteiger partial charge in [0.1, 0.15) is 12.1 Å². The average molecular weight is 519 g/mol. The van der Waals surface area contributed by atoms with Crippen LogP contribution in [0.3, 0.4) is 0 Å². The number of hydrogen-bond donors (Lipinski definition) is 2. The zero-order valence-electron chi connectivity index (χ0n) is 18.2. The van der Waals surface area contributed by atoms with Gasteiger partial charge in [0.25, 0.3) is 0 Å². The number of aromatic carboxylic acids is 1. The Morgan fingerprint density at radius 2 is 1.57 bits per heavy atom. The summed E-state index contributed by atoms with van der Waals surface area (Å²) in [6, 6.07) is 7.31. The van der Waals surface area contributed by atoms with E-state index < -0.39 is 35.2 Å². The molecule has 188 valence electrons. The topological polar surface area (TPSA) is 84.3 Å². The highest BCUT2D eigenvalue weighted by Crippen LogP contribution is 2.47. The van der Waals surface area contributed by atoms with Crippen molar-refractivity contribution in [3.63, 3.8) is 0 Å². The van der Waals surface area contributed by atoms with Crippen molar-refractivity contribution in [2.75, 3.05) is 13.3 Å². The molecule has 6 nitrogen and oxygen atoms in total. The van der Waals surface area contributed by atoms with Crippen LogP contribution in [-0.4, -0.2) is 34.3 Å². The van der Waals surface area contributed by atoms with Crippen molar-refractivity contribution in [2.24, 2.45) is 0 Å². The maximum atomic E-state index is 13.4. The summed E-state index contributed by atoms with van der Waals surface area (Å²) in [6.45, 7) is -0.145. The van der Waals surface area contributed by atoms with Crippen LogP contribution in [0, 0.1) is 0 Å². The van der Waals surface area contributed by atoms with Crippen LogP contribution in [0.1, 0.15) is 27.0 Å². The lowest BCUT2D eigenvalue weighted by Crippen LogP contribution is -2.16. The number of nitrogens with zero attached hydrogens (tertiary/aromatic N) is 2. The minimum atomic E-state index is -5.01. The van der Waals surface area contributed by atoms with Gasteiger partial charge in [0.05, 0.1) is 16.7 Å². The van der Waals surface area contributed by atoms with E-state index in [0.29, 0.717) is 17.0 Å². The summed E-state index contributed by atoms with van der Waals surface area (Å²) < 4.78 is 85.9. The molecule has 3 rings (SSSR count). The fraction of sp³-hybridized carbons (Fsp3) is 0.227. The van der Waals surface area contributed by atoms with Gasteiger partial charge in [-0.2, -0.15) is 26.3 Å². The molecule has 0 spiro atoms. The van der Waals surface area contributed by atoms with E-state index in [2.05, 4.69) is 15.3 Å². The predicted molar refractivity (Wildman–Crippen MR) is 116 cm³/mol.